The summed E-state index contributed by atoms with van der Waals surface area (Å²) in [6.07, 6.45) is 0. The lowest BCUT2D eigenvalue weighted by Gasteiger charge is -2.23. The molecule has 1 aliphatic heterocycles. The highest BCUT2D eigenvalue weighted by Crippen LogP contribution is 2.40. The van der Waals surface area contributed by atoms with Gasteiger partial charge in [-0.2, -0.15) is 0 Å². The van der Waals surface area contributed by atoms with E-state index in [0.29, 0.717) is 44.9 Å². The summed E-state index contributed by atoms with van der Waals surface area (Å²) in [6.45, 7) is -0.324. The predicted molar refractivity (Wildman–Crippen MR) is 135 cm³/mol. The largest absolute Gasteiger partial charge is 0.493 e. The molecule has 1 heterocycles. The van der Waals surface area contributed by atoms with E-state index in [0.717, 1.165) is 5.56 Å². The molecule has 0 saturated heterocycles. The summed E-state index contributed by atoms with van der Waals surface area (Å²) in [5, 5.41) is 3.31. The first-order valence-electron chi connectivity index (χ1n) is 10.7. The molecule has 2 amide bonds. The number of benzene rings is 3. The quantitative estimate of drug-likeness (QED) is 0.533. The van der Waals surface area contributed by atoms with Gasteiger partial charge < -0.3 is 24.4 Å². The average molecular weight is 494 g/mol. The molecule has 0 bridgehead atoms. The molecular formula is C26H24ClN3O5. The van der Waals surface area contributed by atoms with Gasteiger partial charge in [-0.15, -0.1) is 0 Å². The van der Waals surface area contributed by atoms with Crippen LogP contribution in [-0.2, 0) is 9.59 Å². The Hall–Kier alpha value is -4.04. The second kappa shape index (κ2) is 10.5. The first-order valence-corrected chi connectivity index (χ1v) is 11.1. The number of amides is 2. The number of hydrogen-bond acceptors (Lipinski definition) is 6. The maximum atomic E-state index is 13.1. The molecule has 0 unspecified atom stereocenters. The molecular weight excluding hydrogens is 470 g/mol. The highest BCUT2D eigenvalue weighted by molar-refractivity contribution is 6.32. The average Bonchev–Trinajstić information content (AvgIpc) is 3.00. The second-order valence-electron chi connectivity index (χ2n) is 7.63. The Morgan fingerprint density at radius 2 is 1.69 bits per heavy atom. The van der Waals surface area contributed by atoms with E-state index in [9.17, 15) is 9.59 Å². The van der Waals surface area contributed by atoms with E-state index in [2.05, 4.69) is 10.3 Å². The van der Waals surface area contributed by atoms with Crippen LogP contribution in [0.2, 0.25) is 5.02 Å². The van der Waals surface area contributed by atoms with E-state index >= 15 is 0 Å². The van der Waals surface area contributed by atoms with Gasteiger partial charge in [0.2, 0.25) is 17.6 Å². The summed E-state index contributed by atoms with van der Waals surface area (Å²) in [5.41, 5.74) is 3.16. The number of nitrogens with one attached hydrogen (secondary N) is 1. The summed E-state index contributed by atoms with van der Waals surface area (Å²) in [5.74, 6) is 0.492. The van der Waals surface area contributed by atoms with Crippen molar-refractivity contribution in [2.45, 2.75) is 0 Å². The van der Waals surface area contributed by atoms with Crippen molar-refractivity contribution < 1.29 is 23.8 Å². The van der Waals surface area contributed by atoms with Gasteiger partial charge in [0.05, 0.1) is 32.7 Å². The molecule has 0 aliphatic carbocycles. The summed E-state index contributed by atoms with van der Waals surface area (Å²) in [6, 6.07) is 18.0. The van der Waals surface area contributed by atoms with E-state index < -0.39 is 5.91 Å². The van der Waals surface area contributed by atoms with Crippen molar-refractivity contribution in [1.29, 1.82) is 0 Å². The number of carbonyl (C=O) groups is 2. The topological polar surface area (TPSA) is 89.5 Å². The van der Waals surface area contributed by atoms with Gasteiger partial charge >= 0.3 is 0 Å². The zero-order valence-electron chi connectivity index (χ0n) is 19.5. The third-order valence-electron chi connectivity index (χ3n) is 5.48. The third kappa shape index (κ3) is 5.07. The van der Waals surface area contributed by atoms with Crippen molar-refractivity contribution in [3.8, 4) is 17.2 Å². The Morgan fingerprint density at radius 3 is 2.31 bits per heavy atom. The van der Waals surface area contributed by atoms with Crippen LogP contribution in [0.25, 0.3) is 0 Å². The number of halogens is 1. The highest BCUT2D eigenvalue weighted by Gasteiger charge is 2.27. The zero-order valence-corrected chi connectivity index (χ0v) is 20.3. The number of rotatable bonds is 7. The lowest BCUT2D eigenvalue weighted by molar-refractivity contribution is -0.120. The van der Waals surface area contributed by atoms with Gasteiger partial charge in [-0.25, -0.2) is 0 Å². The van der Waals surface area contributed by atoms with E-state index in [1.165, 1.54) is 26.2 Å². The Balaban J connectivity index is 1.64. The van der Waals surface area contributed by atoms with Crippen LogP contribution < -0.4 is 24.4 Å². The van der Waals surface area contributed by atoms with Crippen LogP contribution in [0.15, 0.2) is 65.7 Å². The van der Waals surface area contributed by atoms with Gasteiger partial charge in [0.15, 0.2) is 11.5 Å². The summed E-state index contributed by atoms with van der Waals surface area (Å²) in [4.78, 5) is 32.1. The minimum absolute atomic E-state index is 0.103. The highest BCUT2D eigenvalue weighted by atomic mass is 35.5. The normalized spacial score (nSPS) is 12.9. The number of nitrogens with zero attached hydrogens (tertiary/aromatic N) is 2. The van der Waals surface area contributed by atoms with Gasteiger partial charge in [0.1, 0.15) is 13.1 Å². The fourth-order valence-corrected chi connectivity index (χ4v) is 4.07. The summed E-state index contributed by atoms with van der Waals surface area (Å²) < 4.78 is 16.0. The number of anilines is 2. The van der Waals surface area contributed by atoms with Crippen molar-refractivity contribution in [2.24, 2.45) is 4.99 Å². The molecule has 35 heavy (non-hydrogen) atoms. The maximum Gasteiger partial charge on any atom is 0.249 e. The molecule has 0 spiro atoms. The fourth-order valence-electron chi connectivity index (χ4n) is 3.90. The fraction of sp³-hybridized carbons (Fsp3) is 0.192. The molecule has 1 aliphatic rings. The van der Waals surface area contributed by atoms with Crippen molar-refractivity contribution >= 4 is 40.5 Å². The lowest BCUT2D eigenvalue weighted by Crippen LogP contribution is -2.39. The first kappa shape index (κ1) is 24.1. The molecule has 3 aromatic carbocycles. The number of hydrogen-bond donors (Lipinski definition) is 1. The molecule has 0 atom stereocenters. The molecule has 8 nitrogen and oxygen atoms in total. The minimum Gasteiger partial charge on any atom is -0.493 e. The van der Waals surface area contributed by atoms with Crippen molar-refractivity contribution in [1.82, 2.24) is 0 Å². The number of ether oxygens (including phenoxy) is 3. The standard InChI is InChI=1S/C26H24ClN3O5/c1-33-21-12-18(13-22(34-2)26(21)35-3)29-23(31)15-30-20-10-9-17(27)11-19(20)25(28-14-24(30)32)16-7-5-4-6-8-16/h4-13H,14-15H2,1-3H3,(H,29,31). The van der Waals surface area contributed by atoms with Crippen molar-refractivity contribution in [3.05, 3.63) is 76.8 Å². The predicted octanol–water partition coefficient (Wildman–Crippen LogP) is 4.19. The van der Waals surface area contributed by atoms with Crippen LogP contribution in [0.1, 0.15) is 11.1 Å². The molecule has 1 N–H and O–H groups in total. The summed E-state index contributed by atoms with van der Waals surface area (Å²) >= 11 is 6.29. The van der Waals surface area contributed by atoms with Gasteiger partial charge in [0, 0.05) is 34.0 Å². The Kier molecular flexibility index (Phi) is 7.22. The van der Waals surface area contributed by atoms with E-state index in [1.54, 1.807) is 30.3 Å². The van der Waals surface area contributed by atoms with Crippen molar-refractivity contribution in [3.63, 3.8) is 0 Å². The van der Waals surface area contributed by atoms with E-state index in [4.69, 9.17) is 25.8 Å². The Morgan fingerprint density at radius 1 is 1.00 bits per heavy atom. The number of fused-ring (bicyclic) bond motifs is 1. The minimum atomic E-state index is -0.406. The van der Waals surface area contributed by atoms with Crippen molar-refractivity contribution in [2.75, 3.05) is 44.6 Å². The molecule has 0 fully saturated rings. The number of benzodiazepines with no additional fused rings is 1. The van der Waals surface area contributed by atoms with Gasteiger partial charge in [0.25, 0.3) is 0 Å². The molecule has 0 saturated carbocycles. The van der Waals surface area contributed by atoms with Crippen LogP contribution in [-0.4, -0.2) is 51.9 Å². The van der Waals surface area contributed by atoms with E-state index in [1.807, 2.05) is 30.3 Å². The Labute approximate surface area is 208 Å². The van der Waals surface area contributed by atoms with Gasteiger partial charge in [-0.1, -0.05) is 41.9 Å². The molecule has 180 valence electrons. The van der Waals surface area contributed by atoms with Crippen LogP contribution >= 0.6 is 11.6 Å². The lowest BCUT2D eigenvalue weighted by atomic mass is 10.00. The second-order valence-corrected chi connectivity index (χ2v) is 8.07. The number of aliphatic imine (C=N–C) groups is 1. The smallest absolute Gasteiger partial charge is 0.249 e. The Bertz CT molecular complexity index is 1270. The molecule has 9 heteroatoms. The molecule has 3 aromatic rings. The number of methoxy groups -OCH3 is 3. The van der Waals surface area contributed by atoms with Gasteiger partial charge in [-0.3, -0.25) is 14.6 Å². The summed E-state index contributed by atoms with van der Waals surface area (Å²) in [7, 11) is 4.48. The maximum absolute atomic E-state index is 13.1. The van der Waals surface area contributed by atoms with Crippen LogP contribution in [0.3, 0.4) is 0 Å². The SMILES string of the molecule is COc1cc(NC(=O)CN2C(=O)CN=C(c3ccccc3)c3cc(Cl)ccc32)cc(OC)c1OC. The molecule has 4 rings (SSSR count). The molecule has 0 aromatic heterocycles. The van der Waals surface area contributed by atoms with Crippen LogP contribution in [0.5, 0.6) is 17.2 Å². The first-order chi connectivity index (χ1) is 16.9. The van der Waals surface area contributed by atoms with Crippen LogP contribution in [0.4, 0.5) is 11.4 Å². The monoisotopic (exact) mass is 493 g/mol. The zero-order chi connectivity index (χ0) is 24.9. The van der Waals surface area contributed by atoms with E-state index in [-0.39, 0.29) is 19.0 Å². The third-order valence-corrected chi connectivity index (χ3v) is 5.71. The molecule has 0 radical (unpaired) electrons. The van der Waals surface area contributed by atoms with Crippen LogP contribution in [0, 0.1) is 0 Å². The number of carbonyl (C=O) groups excluding carboxylic acids is 2. The van der Waals surface area contributed by atoms with Gasteiger partial charge in [-0.05, 0) is 18.2 Å².